The lowest BCUT2D eigenvalue weighted by Crippen LogP contribution is -2.13. The van der Waals surface area contributed by atoms with Gasteiger partial charge in [-0.1, -0.05) is 0 Å². The van der Waals surface area contributed by atoms with E-state index in [-0.39, 0.29) is 17.5 Å². The molecule has 94 valence electrons. The average Bonchev–Trinajstić information content (AvgIpc) is 3.26. The molecule has 0 unspecified atom stereocenters. The van der Waals surface area contributed by atoms with Gasteiger partial charge in [0.2, 0.25) is 11.6 Å². The number of hydrazone groups is 1. The fourth-order valence-corrected chi connectivity index (χ4v) is 1.41. The van der Waals surface area contributed by atoms with Crippen molar-refractivity contribution in [1.82, 2.24) is 0 Å². The van der Waals surface area contributed by atoms with Crippen LogP contribution < -0.4 is 10.7 Å². The fourth-order valence-electron chi connectivity index (χ4n) is 1.41. The lowest BCUT2D eigenvalue weighted by Gasteiger charge is -2.05. The van der Waals surface area contributed by atoms with Gasteiger partial charge in [0.15, 0.2) is 0 Å². The van der Waals surface area contributed by atoms with Crippen molar-refractivity contribution in [3.05, 3.63) is 24.3 Å². The number of carbonyl (C=O) groups is 1. The standard InChI is InChI=1S/C13H11N5O/c14-7-12(8-15)18-17-11-5-3-10(4-6-11)16-13(19)9-1-2-9/h3-6,9,17H,1-2H2,(H,16,19). The van der Waals surface area contributed by atoms with Crippen molar-refractivity contribution in [1.29, 1.82) is 10.5 Å². The molecule has 1 aromatic carbocycles. The first-order valence-electron chi connectivity index (χ1n) is 5.78. The minimum Gasteiger partial charge on any atom is -0.326 e. The van der Waals surface area contributed by atoms with Crippen molar-refractivity contribution in [2.75, 3.05) is 10.7 Å². The maximum absolute atomic E-state index is 11.5. The Labute approximate surface area is 110 Å². The van der Waals surface area contributed by atoms with E-state index >= 15 is 0 Å². The van der Waals surface area contributed by atoms with Crippen LogP contribution in [0.5, 0.6) is 0 Å². The number of carbonyl (C=O) groups excluding carboxylic acids is 1. The van der Waals surface area contributed by atoms with Crippen LogP contribution in [0.25, 0.3) is 0 Å². The van der Waals surface area contributed by atoms with Gasteiger partial charge in [-0.3, -0.25) is 10.2 Å². The van der Waals surface area contributed by atoms with Gasteiger partial charge < -0.3 is 5.32 Å². The zero-order valence-electron chi connectivity index (χ0n) is 10.1. The molecule has 1 fully saturated rings. The number of nitrogens with one attached hydrogen (secondary N) is 2. The maximum atomic E-state index is 11.5. The predicted molar refractivity (Wildman–Crippen MR) is 70.1 cm³/mol. The number of anilines is 2. The minimum atomic E-state index is -0.244. The molecule has 19 heavy (non-hydrogen) atoms. The molecule has 6 heteroatoms. The number of benzene rings is 1. The molecular formula is C13H11N5O. The highest BCUT2D eigenvalue weighted by molar-refractivity contribution is 6.10. The first-order valence-corrected chi connectivity index (χ1v) is 5.78. The third-order valence-corrected chi connectivity index (χ3v) is 2.61. The number of hydrogen-bond donors (Lipinski definition) is 2. The molecule has 0 atom stereocenters. The summed E-state index contributed by atoms with van der Waals surface area (Å²) in [5.41, 5.74) is 3.70. The lowest BCUT2D eigenvalue weighted by atomic mass is 10.2. The van der Waals surface area contributed by atoms with E-state index in [1.54, 1.807) is 36.4 Å². The normalized spacial score (nSPS) is 12.7. The van der Waals surface area contributed by atoms with Gasteiger partial charge in [0.05, 0.1) is 5.69 Å². The molecular weight excluding hydrogens is 242 g/mol. The van der Waals surface area contributed by atoms with Gasteiger partial charge in [-0.05, 0) is 37.1 Å². The van der Waals surface area contributed by atoms with E-state index in [0.717, 1.165) is 12.8 Å². The van der Waals surface area contributed by atoms with Gasteiger partial charge in [0.1, 0.15) is 12.1 Å². The van der Waals surface area contributed by atoms with Gasteiger partial charge in [0.25, 0.3) is 0 Å². The SMILES string of the molecule is N#CC(C#N)=NNc1ccc(NC(=O)C2CC2)cc1. The van der Waals surface area contributed by atoms with Crippen LogP contribution >= 0.6 is 0 Å². The summed E-state index contributed by atoms with van der Waals surface area (Å²) < 4.78 is 0. The monoisotopic (exact) mass is 253 g/mol. The first-order chi connectivity index (χ1) is 9.22. The van der Waals surface area contributed by atoms with Crippen LogP contribution in [0.15, 0.2) is 29.4 Å². The van der Waals surface area contributed by atoms with Crippen LogP contribution in [0.4, 0.5) is 11.4 Å². The first kappa shape index (κ1) is 12.6. The highest BCUT2D eigenvalue weighted by Crippen LogP contribution is 2.30. The van der Waals surface area contributed by atoms with E-state index in [1.807, 2.05) is 0 Å². The molecule has 0 aromatic heterocycles. The quantitative estimate of drug-likeness (QED) is 0.631. The maximum Gasteiger partial charge on any atom is 0.237 e. The topological polar surface area (TPSA) is 101 Å². The van der Waals surface area contributed by atoms with E-state index < -0.39 is 0 Å². The molecule has 1 saturated carbocycles. The van der Waals surface area contributed by atoms with Crippen molar-refractivity contribution in [3.8, 4) is 12.1 Å². The largest absolute Gasteiger partial charge is 0.326 e. The third kappa shape index (κ3) is 3.55. The molecule has 0 aliphatic heterocycles. The van der Waals surface area contributed by atoms with Crippen molar-refractivity contribution >= 4 is 23.0 Å². The second-order valence-corrected chi connectivity index (χ2v) is 4.14. The Kier molecular flexibility index (Phi) is 3.75. The van der Waals surface area contributed by atoms with Gasteiger partial charge in [-0.2, -0.15) is 15.6 Å². The number of hydrogen-bond acceptors (Lipinski definition) is 5. The Hall–Kier alpha value is -2.86. The number of rotatable bonds is 4. The van der Waals surface area contributed by atoms with Crippen LogP contribution in [0.1, 0.15) is 12.8 Å². The molecule has 1 aliphatic rings. The Morgan fingerprint density at radius 3 is 2.26 bits per heavy atom. The van der Waals surface area contributed by atoms with Crippen LogP contribution in [0, 0.1) is 28.6 Å². The molecule has 0 spiro atoms. The van der Waals surface area contributed by atoms with Gasteiger partial charge in [0, 0.05) is 11.6 Å². The summed E-state index contributed by atoms with van der Waals surface area (Å²) in [7, 11) is 0. The molecule has 1 aromatic rings. The summed E-state index contributed by atoms with van der Waals surface area (Å²) in [5.74, 6) is 0.214. The van der Waals surface area contributed by atoms with Crippen molar-refractivity contribution in [2.24, 2.45) is 11.0 Å². The second-order valence-electron chi connectivity index (χ2n) is 4.14. The minimum absolute atomic E-state index is 0.0509. The summed E-state index contributed by atoms with van der Waals surface area (Å²) in [6, 6.07) is 10.2. The highest BCUT2D eigenvalue weighted by Gasteiger charge is 2.29. The summed E-state index contributed by atoms with van der Waals surface area (Å²) in [6.07, 6.45) is 1.93. The Bertz CT molecular complexity index is 571. The van der Waals surface area contributed by atoms with Crippen LogP contribution in [0.3, 0.4) is 0 Å². The number of amides is 1. The molecule has 6 nitrogen and oxygen atoms in total. The smallest absolute Gasteiger partial charge is 0.237 e. The summed E-state index contributed by atoms with van der Waals surface area (Å²) in [5, 5.41) is 23.5. The molecule has 0 saturated heterocycles. The van der Waals surface area contributed by atoms with Crippen LogP contribution in [0.2, 0.25) is 0 Å². The van der Waals surface area contributed by atoms with Gasteiger partial charge in [-0.15, -0.1) is 0 Å². The zero-order valence-corrected chi connectivity index (χ0v) is 10.1. The Morgan fingerprint density at radius 1 is 1.16 bits per heavy atom. The van der Waals surface area contributed by atoms with Crippen LogP contribution in [-0.2, 0) is 4.79 Å². The zero-order chi connectivity index (χ0) is 13.7. The van der Waals surface area contributed by atoms with E-state index in [0.29, 0.717) is 11.4 Å². The molecule has 0 bridgehead atoms. The van der Waals surface area contributed by atoms with Crippen molar-refractivity contribution in [2.45, 2.75) is 12.8 Å². The number of nitrogens with zero attached hydrogens (tertiary/aromatic N) is 3. The van der Waals surface area contributed by atoms with Gasteiger partial charge >= 0.3 is 0 Å². The van der Waals surface area contributed by atoms with E-state index in [4.69, 9.17) is 10.5 Å². The predicted octanol–water partition coefficient (Wildman–Crippen LogP) is 1.85. The van der Waals surface area contributed by atoms with Crippen LogP contribution in [-0.4, -0.2) is 11.6 Å². The Morgan fingerprint density at radius 2 is 1.74 bits per heavy atom. The Balaban J connectivity index is 1.95. The molecule has 0 heterocycles. The molecule has 1 aliphatic carbocycles. The molecule has 1 amide bonds. The highest BCUT2D eigenvalue weighted by atomic mass is 16.2. The number of nitriles is 2. The average molecular weight is 253 g/mol. The summed E-state index contributed by atoms with van der Waals surface area (Å²) in [6.45, 7) is 0. The molecule has 2 rings (SSSR count). The summed E-state index contributed by atoms with van der Waals surface area (Å²) >= 11 is 0. The molecule has 2 N–H and O–H groups in total. The van der Waals surface area contributed by atoms with E-state index in [2.05, 4.69) is 15.8 Å². The van der Waals surface area contributed by atoms with Gasteiger partial charge in [-0.25, -0.2) is 0 Å². The second kappa shape index (κ2) is 5.65. The van der Waals surface area contributed by atoms with E-state index in [1.165, 1.54) is 0 Å². The fraction of sp³-hybridized carbons (Fsp3) is 0.231. The molecule has 0 radical (unpaired) electrons. The van der Waals surface area contributed by atoms with Crippen molar-refractivity contribution < 1.29 is 4.79 Å². The third-order valence-electron chi connectivity index (χ3n) is 2.61. The summed E-state index contributed by atoms with van der Waals surface area (Å²) in [4.78, 5) is 11.5. The van der Waals surface area contributed by atoms with E-state index in [9.17, 15) is 4.79 Å². The lowest BCUT2D eigenvalue weighted by molar-refractivity contribution is -0.117. The van der Waals surface area contributed by atoms with Crippen molar-refractivity contribution in [3.63, 3.8) is 0 Å².